The van der Waals surface area contributed by atoms with Crippen molar-refractivity contribution < 1.29 is 20.2 Å². The van der Waals surface area contributed by atoms with Crippen molar-refractivity contribution >= 4 is 11.8 Å². The molecule has 0 aromatic heterocycles. The minimum absolute atomic E-state index is 0. The second-order valence-electron chi connectivity index (χ2n) is 3.80. The first-order valence-electron chi connectivity index (χ1n) is 5.95. The molecule has 0 bridgehead atoms. The van der Waals surface area contributed by atoms with Crippen LogP contribution in [0, 0.1) is 0 Å². The van der Waals surface area contributed by atoms with Crippen LogP contribution in [0.1, 0.15) is 58.8 Å². The molecule has 5 nitrogen and oxygen atoms in total. The van der Waals surface area contributed by atoms with Crippen LogP contribution >= 0.6 is 0 Å². The van der Waals surface area contributed by atoms with E-state index in [1.165, 1.54) is 39.0 Å². The monoisotopic (exact) mass is 249 g/mol. The maximum Gasteiger partial charge on any atom is 0.303 e. The second-order valence-corrected chi connectivity index (χ2v) is 3.80. The van der Waals surface area contributed by atoms with E-state index in [0.717, 1.165) is 6.54 Å². The predicted molar refractivity (Wildman–Crippen MR) is 69.0 cm³/mol. The van der Waals surface area contributed by atoms with Gasteiger partial charge in [-0.2, -0.15) is 0 Å². The van der Waals surface area contributed by atoms with Crippen LogP contribution in [0.2, 0.25) is 0 Å². The van der Waals surface area contributed by atoms with E-state index in [2.05, 4.69) is 6.92 Å². The summed E-state index contributed by atoms with van der Waals surface area (Å²) in [5, 5.41) is 8.01. The number of carboxylic acid groups (broad SMARTS) is 1. The fourth-order valence-corrected chi connectivity index (χ4v) is 1.03. The smallest absolute Gasteiger partial charge is 0.303 e. The van der Waals surface area contributed by atoms with E-state index in [-0.39, 0.29) is 24.1 Å². The van der Waals surface area contributed by atoms with Crippen LogP contribution in [-0.2, 0) is 9.59 Å². The first-order chi connectivity index (χ1) is 7.54. The molecule has 0 aliphatic rings. The van der Waals surface area contributed by atoms with E-state index in [1.807, 2.05) is 0 Å². The summed E-state index contributed by atoms with van der Waals surface area (Å²) in [5.41, 5.74) is 5.31. The summed E-state index contributed by atoms with van der Waals surface area (Å²) in [6.45, 7) is 4.47. The molecule has 0 aromatic rings. The molecule has 0 saturated carbocycles. The number of unbranched alkanes of at least 4 members (excludes halogenated alkanes) is 4. The van der Waals surface area contributed by atoms with Gasteiger partial charge >= 0.3 is 5.97 Å². The van der Waals surface area contributed by atoms with Gasteiger partial charge in [0.05, 0.1) is 6.42 Å². The highest BCUT2D eigenvalue weighted by molar-refractivity contribution is 5.80. The van der Waals surface area contributed by atoms with Crippen molar-refractivity contribution in [2.45, 2.75) is 58.8 Å². The van der Waals surface area contributed by atoms with Crippen molar-refractivity contribution in [2.75, 3.05) is 6.54 Å². The highest BCUT2D eigenvalue weighted by Crippen LogP contribution is 2.00. The Morgan fingerprint density at radius 2 is 1.59 bits per heavy atom. The molecule has 0 aliphatic carbocycles. The third-order valence-corrected chi connectivity index (χ3v) is 2.00. The molecule has 0 amide bonds. The molecule has 0 aromatic carbocycles. The molecule has 0 fully saturated rings. The van der Waals surface area contributed by atoms with Gasteiger partial charge in [-0.3, -0.25) is 4.79 Å². The number of nitrogens with two attached hydrogens (primary N) is 1. The minimum atomic E-state index is -0.916. The number of aliphatic carboxylic acids is 1. The number of Topliss-reactive ketones (excluding diaryl/α,β-unsaturated/α-hetero) is 1. The van der Waals surface area contributed by atoms with Crippen molar-refractivity contribution in [1.82, 2.24) is 0 Å². The Hall–Kier alpha value is -0.940. The fourth-order valence-electron chi connectivity index (χ4n) is 1.03. The molecule has 0 spiro atoms. The number of hydrogen-bond donors (Lipinski definition) is 2. The van der Waals surface area contributed by atoms with Crippen LogP contribution in [0.5, 0.6) is 0 Å². The Labute approximate surface area is 104 Å². The van der Waals surface area contributed by atoms with E-state index < -0.39 is 5.97 Å². The minimum Gasteiger partial charge on any atom is -0.481 e. The van der Waals surface area contributed by atoms with Crippen LogP contribution in [0.15, 0.2) is 0 Å². The molecule has 0 rings (SSSR count). The summed E-state index contributed by atoms with van der Waals surface area (Å²) in [4.78, 5) is 19.8. The number of carbonyl (C=O) groups excluding carboxylic acids is 1. The Bertz CT molecular complexity index is 163. The van der Waals surface area contributed by atoms with Crippen LogP contribution in [0.3, 0.4) is 0 Å². The Kier molecular flexibility index (Phi) is 21.9. The van der Waals surface area contributed by atoms with Gasteiger partial charge < -0.3 is 21.1 Å². The molecule has 5 N–H and O–H groups in total. The molecule has 0 unspecified atom stereocenters. The van der Waals surface area contributed by atoms with Crippen LogP contribution in [0.4, 0.5) is 0 Å². The average Bonchev–Trinajstić information content (AvgIpc) is 2.23. The number of carboxylic acids is 1. The molecule has 0 saturated heterocycles. The van der Waals surface area contributed by atoms with Gasteiger partial charge in [-0.25, -0.2) is 0 Å². The van der Waals surface area contributed by atoms with Gasteiger partial charge in [0.1, 0.15) is 5.78 Å². The van der Waals surface area contributed by atoms with Crippen molar-refractivity contribution in [2.24, 2.45) is 5.73 Å². The maximum absolute atomic E-state index is 10.1. The molecular formula is C12H27NO4. The van der Waals surface area contributed by atoms with Crippen LogP contribution in [0.25, 0.3) is 0 Å². The predicted octanol–water partition coefficient (Wildman–Crippen LogP) is 1.53. The first kappa shape index (κ1) is 21.4. The molecule has 104 valence electrons. The topological polar surface area (TPSA) is 112 Å². The fraction of sp³-hybridized carbons (Fsp3) is 0.833. The van der Waals surface area contributed by atoms with Crippen molar-refractivity contribution in [3.63, 3.8) is 0 Å². The van der Waals surface area contributed by atoms with Crippen molar-refractivity contribution in [3.8, 4) is 0 Å². The Balaban J connectivity index is -0.000000218. The van der Waals surface area contributed by atoms with Crippen LogP contribution in [-0.4, -0.2) is 28.9 Å². The van der Waals surface area contributed by atoms with Gasteiger partial charge in [0.15, 0.2) is 0 Å². The molecule has 17 heavy (non-hydrogen) atoms. The summed E-state index contributed by atoms with van der Waals surface area (Å²) < 4.78 is 0. The zero-order chi connectivity index (χ0) is 12.8. The van der Waals surface area contributed by atoms with Gasteiger partial charge in [-0.05, 0) is 19.9 Å². The normalized spacial score (nSPS) is 8.65. The van der Waals surface area contributed by atoms with Gasteiger partial charge in [0.2, 0.25) is 0 Å². The lowest BCUT2D eigenvalue weighted by Crippen LogP contribution is -1.98. The Morgan fingerprint density at radius 3 is 1.88 bits per heavy atom. The number of ketones is 1. The van der Waals surface area contributed by atoms with Gasteiger partial charge in [-0.15, -0.1) is 0 Å². The zero-order valence-electron chi connectivity index (χ0n) is 11.0. The van der Waals surface area contributed by atoms with E-state index in [1.54, 1.807) is 0 Å². The van der Waals surface area contributed by atoms with Crippen molar-refractivity contribution in [3.05, 3.63) is 0 Å². The Morgan fingerprint density at radius 1 is 1.06 bits per heavy atom. The third kappa shape index (κ3) is 31.3. The molecule has 5 heteroatoms. The van der Waals surface area contributed by atoms with E-state index in [0.29, 0.717) is 0 Å². The highest BCUT2D eigenvalue weighted by atomic mass is 16.4. The standard InChI is InChI=1S/C7H17N.C5H8O3.H2O/c1-2-3-4-5-6-7-8;1-4(6)2-3-5(7)8;/h2-8H2,1H3;2-3H2,1H3,(H,7,8);1H2. The lowest BCUT2D eigenvalue weighted by atomic mass is 10.2. The third-order valence-electron chi connectivity index (χ3n) is 2.00. The first-order valence-corrected chi connectivity index (χ1v) is 5.95. The maximum atomic E-state index is 10.1. The second kappa shape index (κ2) is 17.5. The zero-order valence-corrected chi connectivity index (χ0v) is 11.0. The van der Waals surface area contributed by atoms with E-state index >= 15 is 0 Å². The number of carbonyl (C=O) groups is 2. The summed E-state index contributed by atoms with van der Waals surface area (Å²) in [6, 6.07) is 0. The average molecular weight is 249 g/mol. The summed E-state index contributed by atoms with van der Waals surface area (Å²) in [7, 11) is 0. The van der Waals surface area contributed by atoms with Gasteiger partial charge in [0.25, 0.3) is 0 Å². The SMILES string of the molecule is CC(=O)CCC(=O)O.CCCCCCCN.O. The van der Waals surface area contributed by atoms with Crippen LogP contribution < -0.4 is 5.73 Å². The highest BCUT2D eigenvalue weighted by Gasteiger charge is 1.97. The lowest BCUT2D eigenvalue weighted by Gasteiger charge is -1.93. The quantitative estimate of drug-likeness (QED) is 0.635. The molecule has 0 heterocycles. The van der Waals surface area contributed by atoms with E-state index in [4.69, 9.17) is 10.8 Å². The van der Waals surface area contributed by atoms with Gasteiger partial charge in [-0.1, -0.05) is 32.6 Å². The molecule has 0 aliphatic heterocycles. The summed E-state index contributed by atoms with van der Waals surface area (Å²) in [6.07, 6.45) is 6.70. The van der Waals surface area contributed by atoms with Crippen molar-refractivity contribution in [1.29, 1.82) is 0 Å². The lowest BCUT2D eigenvalue weighted by molar-refractivity contribution is -0.138. The summed E-state index contributed by atoms with van der Waals surface area (Å²) >= 11 is 0. The number of hydrogen-bond acceptors (Lipinski definition) is 3. The molecular weight excluding hydrogens is 222 g/mol. The van der Waals surface area contributed by atoms with E-state index in [9.17, 15) is 9.59 Å². The van der Waals surface area contributed by atoms with Gasteiger partial charge in [0, 0.05) is 6.42 Å². The largest absolute Gasteiger partial charge is 0.481 e. The summed E-state index contributed by atoms with van der Waals surface area (Å²) in [5.74, 6) is -0.993. The number of rotatable bonds is 8. The molecule has 0 atom stereocenters. The molecule has 0 radical (unpaired) electrons.